The minimum absolute atomic E-state index is 0.0998. The first-order chi connectivity index (χ1) is 10.5. The van der Waals surface area contributed by atoms with E-state index in [0.29, 0.717) is 5.69 Å². The van der Waals surface area contributed by atoms with Crippen LogP contribution in [0.2, 0.25) is 0 Å². The third kappa shape index (κ3) is 2.56. The average molecular weight is 320 g/mol. The molecule has 112 valence electrons. The van der Waals surface area contributed by atoms with Gasteiger partial charge in [-0.1, -0.05) is 16.4 Å². The predicted molar refractivity (Wildman–Crippen MR) is 75.4 cm³/mol. The second-order valence-corrected chi connectivity index (χ2v) is 5.16. The molecule has 0 aliphatic rings. The SMILES string of the molecule is Cn1nccc1-c1nnc(NC(=O)c2ccc([N+](=O)[O-])s2)o1. The molecular formula is C11H8N6O4S. The monoisotopic (exact) mass is 320 g/mol. The Morgan fingerprint density at radius 3 is 2.86 bits per heavy atom. The number of thiophene rings is 1. The first-order valence-corrected chi connectivity index (χ1v) is 6.73. The molecule has 0 atom stereocenters. The van der Waals surface area contributed by atoms with Crippen LogP contribution in [0.4, 0.5) is 11.0 Å². The fourth-order valence-corrected chi connectivity index (χ4v) is 2.38. The normalized spacial score (nSPS) is 10.6. The number of carbonyl (C=O) groups is 1. The molecule has 10 nitrogen and oxygen atoms in total. The van der Waals surface area contributed by atoms with Gasteiger partial charge in [-0.2, -0.15) is 5.10 Å². The summed E-state index contributed by atoms with van der Waals surface area (Å²) in [7, 11) is 1.71. The number of carbonyl (C=O) groups excluding carboxylic acids is 1. The fourth-order valence-electron chi connectivity index (χ4n) is 1.67. The second kappa shape index (κ2) is 5.37. The molecule has 0 fully saturated rings. The van der Waals surface area contributed by atoms with Crippen molar-refractivity contribution in [2.24, 2.45) is 7.05 Å². The number of hydrogen-bond acceptors (Lipinski definition) is 8. The fraction of sp³-hybridized carbons (Fsp3) is 0.0909. The van der Waals surface area contributed by atoms with Gasteiger partial charge in [0.1, 0.15) is 5.69 Å². The zero-order chi connectivity index (χ0) is 15.7. The van der Waals surface area contributed by atoms with Crippen molar-refractivity contribution in [3.63, 3.8) is 0 Å². The molecule has 1 amide bonds. The number of amides is 1. The van der Waals surface area contributed by atoms with Gasteiger partial charge in [-0.05, 0) is 12.1 Å². The number of aryl methyl sites for hydroxylation is 1. The maximum absolute atomic E-state index is 11.9. The number of nitrogens with zero attached hydrogens (tertiary/aromatic N) is 5. The summed E-state index contributed by atoms with van der Waals surface area (Å²) in [5.74, 6) is -0.356. The maximum Gasteiger partial charge on any atom is 0.324 e. The maximum atomic E-state index is 11.9. The van der Waals surface area contributed by atoms with Crippen molar-refractivity contribution in [3.05, 3.63) is 39.4 Å². The van der Waals surface area contributed by atoms with Gasteiger partial charge in [0.15, 0.2) is 0 Å². The van der Waals surface area contributed by atoms with E-state index in [9.17, 15) is 14.9 Å². The van der Waals surface area contributed by atoms with Crippen molar-refractivity contribution in [1.29, 1.82) is 0 Å². The van der Waals surface area contributed by atoms with E-state index >= 15 is 0 Å². The quantitative estimate of drug-likeness (QED) is 0.572. The molecule has 0 aliphatic carbocycles. The van der Waals surface area contributed by atoms with E-state index in [0.717, 1.165) is 11.3 Å². The molecule has 3 aromatic rings. The standard InChI is InChI=1S/C11H8N6O4S/c1-16-6(4-5-12-16)10-14-15-11(21-10)13-9(18)7-2-3-8(22-7)17(19)20/h2-5H,1H3,(H,13,15,18). The highest BCUT2D eigenvalue weighted by molar-refractivity contribution is 7.17. The van der Waals surface area contributed by atoms with Gasteiger partial charge in [-0.15, -0.1) is 5.10 Å². The average Bonchev–Trinajstić information content (AvgIpc) is 3.17. The smallest absolute Gasteiger partial charge is 0.324 e. The van der Waals surface area contributed by atoms with Gasteiger partial charge >= 0.3 is 11.0 Å². The van der Waals surface area contributed by atoms with Gasteiger partial charge in [0.2, 0.25) is 0 Å². The second-order valence-electron chi connectivity index (χ2n) is 4.10. The zero-order valence-electron chi connectivity index (χ0n) is 11.1. The van der Waals surface area contributed by atoms with Gasteiger partial charge in [-0.3, -0.25) is 24.9 Å². The molecule has 1 N–H and O–H groups in total. The highest BCUT2D eigenvalue weighted by atomic mass is 32.1. The molecule has 22 heavy (non-hydrogen) atoms. The molecule has 0 saturated heterocycles. The van der Waals surface area contributed by atoms with E-state index in [1.165, 1.54) is 12.1 Å². The van der Waals surface area contributed by atoms with Gasteiger partial charge in [0.05, 0.1) is 9.80 Å². The Kier molecular flexibility index (Phi) is 3.39. The Labute approximate surface area is 126 Å². The van der Waals surface area contributed by atoms with Crippen LogP contribution < -0.4 is 5.32 Å². The summed E-state index contributed by atoms with van der Waals surface area (Å²) in [5.41, 5.74) is 0.597. The molecule has 3 heterocycles. The summed E-state index contributed by atoms with van der Waals surface area (Å²) in [4.78, 5) is 22.2. The predicted octanol–water partition coefficient (Wildman–Crippen LogP) is 1.69. The van der Waals surface area contributed by atoms with Crippen LogP contribution in [0.25, 0.3) is 11.6 Å². The van der Waals surface area contributed by atoms with Gasteiger partial charge in [0.25, 0.3) is 11.8 Å². The number of anilines is 1. The van der Waals surface area contributed by atoms with Gasteiger partial charge < -0.3 is 4.42 Å². The van der Waals surface area contributed by atoms with Gasteiger partial charge in [-0.25, -0.2) is 0 Å². The molecule has 0 spiro atoms. The van der Waals surface area contributed by atoms with Crippen molar-refractivity contribution in [2.75, 3.05) is 5.32 Å². The topological polar surface area (TPSA) is 129 Å². The first-order valence-electron chi connectivity index (χ1n) is 5.92. The van der Waals surface area contributed by atoms with Crippen LogP contribution in [0.5, 0.6) is 0 Å². The summed E-state index contributed by atoms with van der Waals surface area (Å²) >= 11 is 0.760. The number of hydrogen-bond donors (Lipinski definition) is 1. The van der Waals surface area contributed by atoms with Crippen LogP contribution in [0.1, 0.15) is 9.67 Å². The molecule has 0 bridgehead atoms. The van der Waals surface area contributed by atoms with Crippen LogP contribution in [-0.4, -0.2) is 30.8 Å². The first kappa shape index (κ1) is 13.9. The lowest BCUT2D eigenvalue weighted by molar-refractivity contribution is -0.380. The number of aromatic nitrogens is 4. The molecule has 3 rings (SSSR count). The summed E-state index contributed by atoms with van der Waals surface area (Å²) in [6.45, 7) is 0. The Balaban J connectivity index is 1.76. The van der Waals surface area contributed by atoms with Crippen molar-refractivity contribution in [3.8, 4) is 11.6 Å². The Morgan fingerprint density at radius 1 is 1.41 bits per heavy atom. The summed E-state index contributed by atoms with van der Waals surface area (Å²) < 4.78 is 6.85. The zero-order valence-corrected chi connectivity index (χ0v) is 11.9. The molecule has 0 aromatic carbocycles. The Morgan fingerprint density at radius 2 is 2.23 bits per heavy atom. The Hall–Kier alpha value is -3.08. The number of nitro groups is 1. The van der Waals surface area contributed by atoms with E-state index in [2.05, 4.69) is 20.6 Å². The van der Waals surface area contributed by atoms with Crippen molar-refractivity contribution < 1.29 is 14.1 Å². The van der Waals surface area contributed by atoms with E-state index in [1.54, 1.807) is 24.0 Å². The molecule has 0 unspecified atom stereocenters. The van der Waals surface area contributed by atoms with Crippen LogP contribution in [-0.2, 0) is 7.05 Å². The van der Waals surface area contributed by atoms with E-state index in [4.69, 9.17) is 4.42 Å². The van der Waals surface area contributed by atoms with E-state index in [-0.39, 0.29) is 21.8 Å². The minimum Gasteiger partial charge on any atom is -0.401 e. The van der Waals surface area contributed by atoms with Crippen LogP contribution in [0.15, 0.2) is 28.8 Å². The van der Waals surface area contributed by atoms with Crippen molar-refractivity contribution in [2.45, 2.75) is 0 Å². The van der Waals surface area contributed by atoms with Crippen molar-refractivity contribution >= 4 is 28.3 Å². The molecule has 11 heteroatoms. The van der Waals surface area contributed by atoms with Crippen LogP contribution >= 0.6 is 11.3 Å². The molecule has 0 saturated carbocycles. The lowest BCUT2D eigenvalue weighted by atomic mass is 10.4. The molecule has 0 aliphatic heterocycles. The highest BCUT2D eigenvalue weighted by Crippen LogP contribution is 2.25. The lowest BCUT2D eigenvalue weighted by Gasteiger charge is -1.96. The summed E-state index contributed by atoms with van der Waals surface area (Å²) in [6, 6.07) is 4.20. The van der Waals surface area contributed by atoms with Crippen LogP contribution in [0.3, 0.4) is 0 Å². The summed E-state index contributed by atoms with van der Waals surface area (Å²) in [5, 5.41) is 24.3. The minimum atomic E-state index is -0.561. The molecule has 3 aromatic heterocycles. The van der Waals surface area contributed by atoms with Crippen LogP contribution in [0, 0.1) is 10.1 Å². The lowest BCUT2D eigenvalue weighted by Crippen LogP contribution is -2.10. The number of rotatable bonds is 4. The highest BCUT2D eigenvalue weighted by Gasteiger charge is 2.18. The third-order valence-corrected chi connectivity index (χ3v) is 3.72. The van der Waals surface area contributed by atoms with Gasteiger partial charge in [0, 0.05) is 19.3 Å². The number of nitrogens with one attached hydrogen (secondary N) is 1. The Bertz CT molecular complexity index is 850. The largest absolute Gasteiger partial charge is 0.401 e. The molecule has 0 radical (unpaired) electrons. The molecular weight excluding hydrogens is 312 g/mol. The third-order valence-electron chi connectivity index (χ3n) is 2.68. The van der Waals surface area contributed by atoms with E-state index in [1.807, 2.05) is 0 Å². The van der Waals surface area contributed by atoms with E-state index < -0.39 is 10.8 Å². The van der Waals surface area contributed by atoms with Crippen molar-refractivity contribution in [1.82, 2.24) is 20.0 Å². The summed E-state index contributed by atoms with van der Waals surface area (Å²) in [6.07, 6.45) is 1.57.